The van der Waals surface area contributed by atoms with Gasteiger partial charge in [-0.2, -0.15) is 0 Å². The molecule has 24 heavy (non-hydrogen) atoms. The maximum Gasteiger partial charge on any atom is 0.229 e. The molecular weight excluding hydrogens is 316 g/mol. The van der Waals surface area contributed by atoms with E-state index in [-0.39, 0.29) is 18.4 Å². The second-order valence-electron chi connectivity index (χ2n) is 5.98. The molecule has 0 radical (unpaired) electrons. The van der Waals surface area contributed by atoms with Crippen LogP contribution in [-0.4, -0.2) is 41.6 Å². The summed E-state index contributed by atoms with van der Waals surface area (Å²) < 4.78 is 31.8. The Labute approximate surface area is 138 Å². The maximum atomic E-state index is 14.0. The summed E-state index contributed by atoms with van der Waals surface area (Å²) in [6.07, 6.45) is 2.33. The lowest BCUT2D eigenvalue weighted by Crippen LogP contribution is -2.40. The van der Waals surface area contributed by atoms with Crippen molar-refractivity contribution < 1.29 is 18.1 Å². The lowest BCUT2D eigenvalue weighted by atomic mass is 10.2. The minimum atomic E-state index is -0.594. The van der Waals surface area contributed by atoms with E-state index in [1.54, 1.807) is 11.0 Å². The summed E-state index contributed by atoms with van der Waals surface area (Å²) in [6.45, 7) is 3.56. The number of hydrogen-bond acceptors (Lipinski definition) is 4. The number of amides is 1. The van der Waals surface area contributed by atoms with Gasteiger partial charge in [0.15, 0.2) is 0 Å². The number of rotatable bonds is 3. The van der Waals surface area contributed by atoms with Crippen LogP contribution >= 0.6 is 0 Å². The van der Waals surface area contributed by atoms with Crippen molar-refractivity contribution in [3.63, 3.8) is 0 Å². The van der Waals surface area contributed by atoms with Crippen LogP contribution in [0.15, 0.2) is 35.1 Å². The smallest absolute Gasteiger partial charge is 0.229 e. The molecule has 5 nitrogen and oxygen atoms in total. The molecule has 1 aromatic carbocycles. The Balaban J connectivity index is 1.69. The zero-order valence-corrected chi connectivity index (χ0v) is 13.4. The summed E-state index contributed by atoms with van der Waals surface area (Å²) in [5, 5.41) is 3.76. The fraction of sp³-hybridized carbons (Fsp3) is 0.412. The molecule has 0 aliphatic carbocycles. The first-order chi connectivity index (χ1) is 11.5. The van der Waals surface area contributed by atoms with E-state index in [2.05, 4.69) is 5.16 Å². The molecule has 1 amide bonds. The van der Waals surface area contributed by atoms with E-state index >= 15 is 0 Å². The Morgan fingerprint density at radius 2 is 2.12 bits per heavy atom. The number of nitrogens with zero attached hydrogens (tertiary/aromatic N) is 3. The summed E-state index contributed by atoms with van der Waals surface area (Å²) in [5.74, 6) is -1.20. The van der Waals surface area contributed by atoms with Crippen molar-refractivity contribution in [3.8, 4) is 0 Å². The standard InChI is InChI=1S/C17H19F2N3O2/c1-12-4-6-21(16-3-2-13(18)10-15(16)19)7-8-22(12)17(23)11-14-5-9-24-20-14/h2-3,5,9-10,12H,4,6-8,11H2,1H3. The summed E-state index contributed by atoms with van der Waals surface area (Å²) in [7, 11) is 0. The molecule has 1 saturated heterocycles. The molecule has 0 spiro atoms. The Hall–Kier alpha value is -2.44. The van der Waals surface area contributed by atoms with Gasteiger partial charge in [-0.25, -0.2) is 8.78 Å². The van der Waals surface area contributed by atoms with Gasteiger partial charge in [0.25, 0.3) is 0 Å². The van der Waals surface area contributed by atoms with Crippen molar-refractivity contribution in [2.24, 2.45) is 0 Å². The lowest BCUT2D eigenvalue weighted by molar-refractivity contribution is -0.132. The Kier molecular flexibility index (Phi) is 4.78. The van der Waals surface area contributed by atoms with E-state index in [9.17, 15) is 13.6 Å². The fourth-order valence-corrected chi connectivity index (χ4v) is 2.99. The maximum absolute atomic E-state index is 14.0. The zero-order chi connectivity index (χ0) is 17.1. The number of anilines is 1. The van der Waals surface area contributed by atoms with E-state index < -0.39 is 11.6 Å². The van der Waals surface area contributed by atoms with Gasteiger partial charge < -0.3 is 14.3 Å². The fourth-order valence-electron chi connectivity index (χ4n) is 2.99. The van der Waals surface area contributed by atoms with Gasteiger partial charge >= 0.3 is 0 Å². The third kappa shape index (κ3) is 3.55. The van der Waals surface area contributed by atoms with E-state index in [1.807, 2.05) is 11.8 Å². The Morgan fingerprint density at radius 3 is 2.83 bits per heavy atom. The first-order valence-electron chi connectivity index (χ1n) is 7.93. The summed E-state index contributed by atoms with van der Waals surface area (Å²) in [4.78, 5) is 16.1. The average Bonchev–Trinajstić information content (AvgIpc) is 2.96. The third-order valence-electron chi connectivity index (χ3n) is 4.35. The number of halogens is 2. The van der Waals surface area contributed by atoms with Crippen molar-refractivity contribution >= 4 is 11.6 Å². The second kappa shape index (κ2) is 6.98. The van der Waals surface area contributed by atoms with Crippen molar-refractivity contribution in [2.45, 2.75) is 25.8 Å². The second-order valence-corrected chi connectivity index (χ2v) is 5.98. The monoisotopic (exact) mass is 335 g/mol. The van der Waals surface area contributed by atoms with Crippen LogP contribution in [0.25, 0.3) is 0 Å². The minimum absolute atomic E-state index is 0.0298. The lowest BCUT2D eigenvalue weighted by Gasteiger charge is -2.26. The van der Waals surface area contributed by atoms with Crippen molar-refractivity contribution in [1.82, 2.24) is 10.1 Å². The van der Waals surface area contributed by atoms with Crippen LogP contribution in [-0.2, 0) is 11.2 Å². The van der Waals surface area contributed by atoms with Gasteiger partial charge in [-0.05, 0) is 25.5 Å². The van der Waals surface area contributed by atoms with E-state index in [0.717, 1.165) is 6.07 Å². The highest BCUT2D eigenvalue weighted by molar-refractivity contribution is 5.78. The van der Waals surface area contributed by atoms with Crippen LogP contribution in [0.5, 0.6) is 0 Å². The van der Waals surface area contributed by atoms with Gasteiger partial charge in [0, 0.05) is 37.8 Å². The molecule has 1 fully saturated rings. The Bertz CT molecular complexity index is 706. The van der Waals surface area contributed by atoms with Crippen molar-refractivity contribution in [2.75, 3.05) is 24.5 Å². The van der Waals surface area contributed by atoms with Gasteiger partial charge in [-0.1, -0.05) is 5.16 Å². The van der Waals surface area contributed by atoms with Crippen LogP contribution in [0.4, 0.5) is 14.5 Å². The van der Waals surface area contributed by atoms with Crippen LogP contribution in [0.3, 0.4) is 0 Å². The largest absolute Gasteiger partial charge is 0.367 e. The molecule has 2 heterocycles. The van der Waals surface area contributed by atoms with Gasteiger partial charge in [0.2, 0.25) is 5.91 Å². The summed E-state index contributed by atoms with van der Waals surface area (Å²) >= 11 is 0. The molecule has 2 aromatic rings. The molecule has 1 unspecified atom stereocenters. The van der Waals surface area contributed by atoms with Crippen LogP contribution < -0.4 is 4.90 Å². The third-order valence-corrected chi connectivity index (χ3v) is 4.35. The highest BCUT2D eigenvalue weighted by atomic mass is 19.1. The number of aromatic nitrogens is 1. The molecule has 128 valence electrons. The molecule has 3 rings (SSSR count). The SMILES string of the molecule is CC1CCN(c2ccc(F)cc2F)CCN1C(=O)Cc1ccon1. The number of hydrogen-bond donors (Lipinski definition) is 0. The van der Waals surface area contributed by atoms with Gasteiger partial charge in [0.1, 0.15) is 17.9 Å². The van der Waals surface area contributed by atoms with Gasteiger partial charge in [0.05, 0.1) is 17.8 Å². The van der Waals surface area contributed by atoms with Gasteiger partial charge in [-0.15, -0.1) is 0 Å². The van der Waals surface area contributed by atoms with Crippen molar-refractivity contribution in [3.05, 3.63) is 47.9 Å². The molecule has 1 aliphatic rings. The van der Waals surface area contributed by atoms with Crippen LogP contribution in [0.2, 0.25) is 0 Å². The normalized spacial score (nSPS) is 18.5. The first kappa shape index (κ1) is 16.4. The minimum Gasteiger partial charge on any atom is -0.367 e. The quantitative estimate of drug-likeness (QED) is 0.865. The van der Waals surface area contributed by atoms with E-state index in [1.165, 1.54) is 18.4 Å². The first-order valence-corrected chi connectivity index (χ1v) is 7.93. The highest BCUT2D eigenvalue weighted by Crippen LogP contribution is 2.23. The topological polar surface area (TPSA) is 49.6 Å². The average molecular weight is 335 g/mol. The predicted octanol–water partition coefficient (Wildman–Crippen LogP) is 2.62. The molecule has 0 N–H and O–H groups in total. The summed E-state index contributed by atoms with van der Waals surface area (Å²) in [5.41, 5.74) is 0.965. The van der Waals surface area contributed by atoms with E-state index in [4.69, 9.17) is 4.52 Å². The Morgan fingerprint density at radius 1 is 1.29 bits per heavy atom. The molecule has 0 bridgehead atoms. The number of benzene rings is 1. The molecule has 1 aromatic heterocycles. The number of carbonyl (C=O) groups is 1. The molecule has 1 atom stereocenters. The summed E-state index contributed by atoms with van der Waals surface area (Å²) in [6, 6.07) is 5.29. The van der Waals surface area contributed by atoms with Crippen molar-refractivity contribution in [1.29, 1.82) is 0 Å². The number of carbonyl (C=O) groups excluding carboxylic acids is 1. The molecular formula is C17H19F2N3O2. The van der Waals surface area contributed by atoms with Crippen LogP contribution in [0, 0.1) is 11.6 Å². The zero-order valence-electron chi connectivity index (χ0n) is 13.4. The highest BCUT2D eigenvalue weighted by Gasteiger charge is 2.26. The predicted molar refractivity (Wildman–Crippen MR) is 84.6 cm³/mol. The van der Waals surface area contributed by atoms with Gasteiger partial charge in [-0.3, -0.25) is 4.79 Å². The van der Waals surface area contributed by atoms with Crippen LogP contribution in [0.1, 0.15) is 19.0 Å². The molecule has 0 saturated carbocycles. The van der Waals surface area contributed by atoms with E-state index in [0.29, 0.717) is 37.4 Å². The molecule has 1 aliphatic heterocycles. The molecule has 7 heteroatoms.